The lowest BCUT2D eigenvalue weighted by Crippen LogP contribution is -2.32. The summed E-state index contributed by atoms with van der Waals surface area (Å²) in [6, 6.07) is 6.86. The van der Waals surface area contributed by atoms with Gasteiger partial charge in [-0.15, -0.1) is 11.3 Å². The molecule has 0 aliphatic heterocycles. The highest BCUT2D eigenvalue weighted by molar-refractivity contribution is 7.11. The van der Waals surface area contributed by atoms with Crippen molar-refractivity contribution in [3.63, 3.8) is 0 Å². The van der Waals surface area contributed by atoms with Gasteiger partial charge < -0.3 is 10.0 Å². The average Bonchev–Trinajstić information content (AvgIpc) is 2.99. The van der Waals surface area contributed by atoms with Crippen LogP contribution in [0.25, 0.3) is 0 Å². The van der Waals surface area contributed by atoms with E-state index in [1.165, 1.54) is 4.88 Å². The summed E-state index contributed by atoms with van der Waals surface area (Å²) < 4.78 is 0. The Kier molecular flexibility index (Phi) is 5.18. The predicted octanol–water partition coefficient (Wildman–Crippen LogP) is 3.62. The van der Waals surface area contributed by atoms with Gasteiger partial charge in [-0.1, -0.05) is 12.1 Å². The van der Waals surface area contributed by atoms with Crippen molar-refractivity contribution in [1.82, 2.24) is 9.88 Å². The third kappa shape index (κ3) is 3.90. The van der Waals surface area contributed by atoms with Crippen LogP contribution in [0.1, 0.15) is 56.8 Å². The van der Waals surface area contributed by atoms with Crippen molar-refractivity contribution in [3.05, 3.63) is 51.0 Å². The maximum atomic E-state index is 12.6. The highest BCUT2D eigenvalue weighted by Crippen LogP contribution is 2.37. The number of aromatic nitrogens is 1. The van der Waals surface area contributed by atoms with Gasteiger partial charge in [-0.25, -0.2) is 9.78 Å². The van der Waals surface area contributed by atoms with Crippen LogP contribution in [-0.2, 0) is 17.6 Å². The van der Waals surface area contributed by atoms with E-state index in [1.54, 1.807) is 35.6 Å². The van der Waals surface area contributed by atoms with Gasteiger partial charge in [0.2, 0.25) is 5.91 Å². The molecule has 132 valence electrons. The minimum atomic E-state index is -0.935. The van der Waals surface area contributed by atoms with E-state index in [9.17, 15) is 9.59 Å². The molecule has 5 nitrogen and oxygen atoms in total. The van der Waals surface area contributed by atoms with Gasteiger partial charge >= 0.3 is 5.97 Å². The number of hydrogen-bond acceptors (Lipinski definition) is 4. The molecule has 1 aromatic carbocycles. The van der Waals surface area contributed by atoms with Crippen molar-refractivity contribution in [2.75, 3.05) is 7.05 Å². The monoisotopic (exact) mass is 358 g/mol. The van der Waals surface area contributed by atoms with Crippen LogP contribution in [0.4, 0.5) is 0 Å². The minimum Gasteiger partial charge on any atom is -0.478 e. The van der Waals surface area contributed by atoms with Crippen molar-refractivity contribution in [2.45, 2.75) is 45.1 Å². The van der Waals surface area contributed by atoms with E-state index in [4.69, 9.17) is 5.11 Å². The summed E-state index contributed by atoms with van der Waals surface area (Å²) >= 11 is 1.70. The van der Waals surface area contributed by atoms with Crippen molar-refractivity contribution >= 4 is 23.2 Å². The fourth-order valence-electron chi connectivity index (χ4n) is 3.30. The molecule has 1 amide bonds. The number of carbonyl (C=O) groups excluding carboxylic acids is 1. The molecule has 25 heavy (non-hydrogen) atoms. The topological polar surface area (TPSA) is 70.5 Å². The standard InChI is InChI=1S/C19H22N2O3S/c1-12-20-15-4-3-5-16(18(15)25-12)21(2)17(22)11-8-13-6-9-14(10-7-13)19(23)24/h6-7,9-10,16H,3-5,8,11H2,1-2H3,(H,23,24). The number of amides is 1. The van der Waals surface area contributed by atoms with Crippen LogP contribution >= 0.6 is 11.3 Å². The van der Waals surface area contributed by atoms with Crippen molar-refractivity contribution in [2.24, 2.45) is 0 Å². The molecule has 3 rings (SSSR count). The summed E-state index contributed by atoms with van der Waals surface area (Å²) in [4.78, 5) is 31.2. The number of fused-ring (bicyclic) bond motifs is 1. The Balaban J connectivity index is 1.62. The van der Waals surface area contributed by atoms with E-state index >= 15 is 0 Å². The predicted molar refractivity (Wildman–Crippen MR) is 97.0 cm³/mol. The number of carboxylic acid groups (broad SMARTS) is 1. The molecule has 0 spiro atoms. The second-order valence-electron chi connectivity index (χ2n) is 6.46. The largest absolute Gasteiger partial charge is 0.478 e. The Morgan fingerprint density at radius 3 is 2.72 bits per heavy atom. The van der Waals surface area contributed by atoms with Crippen LogP contribution in [0.2, 0.25) is 0 Å². The Labute approximate surface area is 151 Å². The molecule has 1 atom stereocenters. The van der Waals surface area contributed by atoms with Crippen LogP contribution in [-0.4, -0.2) is 33.9 Å². The van der Waals surface area contributed by atoms with Crippen LogP contribution in [0.5, 0.6) is 0 Å². The molecule has 1 heterocycles. The first kappa shape index (κ1) is 17.6. The number of hydrogen-bond donors (Lipinski definition) is 1. The molecule has 0 radical (unpaired) electrons. The van der Waals surface area contributed by atoms with Crippen molar-refractivity contribution < 1.29 is 14.7 Å². The zero-order chi connectivity index (χ0) is 18.0. The van der Waals surface area contributed by atoms with E-state index in [2.05, 4.69) is 4.98 Å². The lowest BCUT2D eigenvalue weighted by Gasteiger charge is -2.30. The second-order valence-corrected chi connectivity index (χ2v) is 7.69. The second kappa shape index (κ2) is 7.35. The van der Waals surface area contributed by atoms with E-state index in [0.717, 1.165) is 35.5 Å². The number of carbonyl (C=O) groups is 2. The molecule has 0 fully saturated rings. The van der Waals surface area contributed by atoms with Gasteiger partial charge in [0.15, 0.2) is 0 Å². The first-order valence-electron chi connectivity index (χ1n) is 8.50. The number of benzene rings is 1. The maximum Gasteiger partial charge on any atom is 0.335 e. The van der Waals surface area contributed by atoms with E-state index in [-0.39, 0.29) is 17.5 Å². The van der Waals surface area contributed by atoms with Gasteiger partial charge in [-0.05, 0) is 50.3 Å². The van der Waals surface area contributed by atoms with Gasteiger partial charge in [0.25, 0.3) is 0 Å². The number of carboxylic acids is 1. The number of aryl methyl sites for hydroxylation is 3. The van der Waals surface area contributed by atoms with Gasteiger partial charge in [0, 0.05) is 13.5 Å². The number of aromatic carboxylic acids is 1. The Morgan fingerprint density at radius 2 is 2.04 bits per heavy atom. The molecular weight excluding hydrogens is 336 g/mol. The average molecular weight is 358 g/mol. The number of nitrogens with zero attached hydrogens (tertiary/aromatic N) is 2. The first-order chi connectivity index (χ1) is 12.0. The third-order valence-corrected chi connectivity index (χ3v) is 5.83. The summed E-state index contributed by atoms with van der Waals surface area (Å²) in [6.07, 6.45) is 4.10. The maximum absolute atomic E-state index is 12.6. The molecule has 2 aromatic rings. The lowest BCUT2D eigenvalue weighted by molar-refractivity contribution is -0.132. The highest BCUT2D eigenvalue weighted by Gasteiger charge is 2.29. The zero-order valence-corrected chi connectivity index (χ0v) is 15.3. The molecule has 6 heteroatoms. The van der Waals surface area contributed by atoms with Gasteiger partial charge in [-0.3, -0.25) is 4.79 Å². The first-order valence-corrected chi connectivity index (χ1v) is 9.31. The lowest BCUT2D eigenvalue weighted by atomic mass is 9.96. The smallest absolute Gasteiger partial charge is 0.335 e. The molecule has 0 saturated heterocycles. The van der Waals surface area contributed by atoms with E-state index < -0.39 is 5.97 Å². The quantitative estimate of drug-likeness (QED) is 0.886. The van der Waals surface area contributed by atoms with Crippen LogP contribution in [0.3, 0.4) is 0 Å². The Hall–Kier alpha value is -2.21. The molecule has 1 N–H and O–H groups in total. The molecule has 0 bridgehead atoms. The molecule has 1 aromatic heterocycles. The summed E-state index contributed by atoms with van der Waals surface area (Å²) in [5.74, 6) is -0.818. The summed E-state index contributed by atoms with van der Waals surface area (Å²) in [7, 11) is 1.88. The van der Waals surface area contributed by atoms with Crippen LogP contribution in [0, 0.1) is 6.92 Å². The summed E-state index contributed by atoms with van der Waals surface area (Å²) in [5.41, 5.74) is 2.40. The molecule has 1 aliphatic carbocycles. The van der Waals surface area contributed by atoms with Crippen LogP contribution < -0.4 is 0 Å². The Bertz CT molecular complexity index is 782. The van der Waals surface area contributed by atoms with E-state index in [1.807, 2.05) is 18.9 Å². The molecular formula is C19H22N2O3S. The number of thiazole rings is 1. The van der Waals surface area contributed by atoms with Crippen molar-refractivity contribution in [1.29, 1.82) is 0 Å². The normalized spacial score (nSPS) is 16.3. The number of rotatable bonds is 5. The fourth-order valence-corrected chi connectivity index (χ4v) is 4.46. The van der Waals surface area contributed by atoms with Crippen LogP contribution in [0.15, 0.2) is 24.3 Å². The molecule has 1 unspecified atom stereocenters. The SMILES string of the molecule is Cc1nc2c(s1)C(N(C)C(=O)CCc1ccc(C(=O)O)cc1)CCC2. The van der Waals surface area contributed by atoms with Gasteiger partial charge in [0.05, 0.1) is 27.2 Å². The third-order valence-electron chi connectivity index (χ3n) is 4.72. The summed E-state index contributed by atoms with van der Waals surface area (Å²) in [5, 5.41) is 9.99. The van der Waals surface area contributed by atoms with Gasteiger partial charge in [-0.2, -0.15) is 0 Å². The zero-order valence-electron chi connectivity index (χ0n) is 14.5. The van der Waals surface area contributed by atoms with E-state index in [0.29, 0.717) is 12.8 Å². The fraction of sp³-hybridized carbons (Fsp3) is 0.421. The minimum absolute atomic E-state index is 0.117. The van der Waals surface area contributed by atoms with Crippen molar-refractivity contribution in [3.8, 4) is 0 Å². The van der Waals surface area contributed by atoms with Gasteiger partial charge in [0.1, 0.15) is 0 Å². The molecule has 0 saturated carbocycles. The summed E-state index contributed by atoms with van der Waals surface area (Å²) in [6.45, 7) is 2.02. The molecule has 1 aliphatic rings. The Morgan fingerprint density at radius 1 is 1.32 bits per heavy atom. The highest BCUT2D eigenvalue weighted by atomic mass is 32.1.